The molecule has 0 radical (unpaired) electrons. The number of amides is 1. The van der Waals surface area contributed by atoms with E-state index in [1.165, 1.54) is 6.92 Å². The average molecular weight is 330 g/mol. The lowest BCUT2D eigenvalue weighted by molar-refractivity contribution is -0.120. The van der Waals surface area contributed by atoms with Gasteiger partial charge in [-0.15, -0.1) is 0 Å². The lowest BCUT2D eigenvalue weighted by Gasteiger charge is -2.11. The third kappa shape index (κ3) is 4.07. The fourth-order valence-electron chi connectivity index (χ4n) is 1.91. The summed E-state index contributed by atoms with van der Waals surface area (Å²) in [5, 5.41) is 11.4. The lowest BCUT2D eigenvalue weighted by Crippen LogP contribution is -2.32. The standard InChI is InChI=1S/C16H14N2O6/c1-10(19)12-4-2-3-5-13(12)17-14(20)9-24-18-8-11(16(22)23)6-7-15(18)21/h2-8H,9H2,1H3,(H,17,20)(H,22,23). The zero-order chi connectivity index (χ0) is 17.7. The van der Waals surface area contributed by atoms with E-state index < -0.39 is 24.0 Å². The monoisotopic (exact) mass is 330 g/mol. The number of nitrogens with zero attached hydrogens (tertiary/aromatic N) is 1. The van der Waals surface area contributed by atoms with Gasteiger partial charge in [-0.25, -0.2) is 4.79 Å². The van der Waals surface area contributed by atoms with E-state index in [4.69, 9.17) is 9.94 Å². The Morgan fingerprint density at radius 2 is 1.88 bits per heavy atom. The molecular formula is C16H14N2O6. The fourth-order valence-corrected chi connectivity index (χ4v) is 1.91. The molecule has 124 valence electrons. The van der Waals surface area contributed by atoms with Crippen molar-refractivity contribution in [2.75, 3.05) is 11.9 Å². The summed E-state index contributed by atoms with van der Waals surface area (Å²) < 4.78 is 0.667. The third-order valence-electron chi connectivity index (χ3n) is 3.04. The van der Waals surface area contributed by atoms with E-state index in [1.807, 2.05) is 0 Å². The Morgan fingerprint density at radius 3 is 2.54 bits per heavy atom. The van der Waals surface area contributed by atoms with E-state index in [2.05, 4.69) is 5.32 Å². The summed E-state index contributed by atoms with van der Waals surface area (Å²) in [7, 11) is 0. The Morgan fingerprint density at radius 1 is 1.17 bits per heavy atom. The van der Waals surface area contributed by atoms with Crippen LogP contribution in [0.2, 0.25) is 0 Å². The second kappa shape index (κ2) is 7.23. The van der Waals surface area contributed by atoms with Crippen molar-refractivity contribution < 1.29 is 24.3 Å². The summed E-state index contributed by atoms with van der Waals surface area (Å²) in [6.45, 7) is 0.841. The van der Waals surface area contributed by atoms with Gasteiger partial charge in [0.15, 0.2) is 12.4 Å². The van der Waals surface area contributed by atoms with Gasteiger partial charge in [0.05, 0.1) is 17.4 Å². The summed E-state index contributed by atoms with van der Waals surface area (Å²) in [4.78, 5) is 50.8. The lowest BCUT2D eigenvalue weighted by atomic mass is 10.1. The Bertz CT molecular complexity index is 856. The van der Waals surface area contributed by atoms with Gasteiger partial charge in [0, 0.05) is 11.6 Å². The van der Waals surface area contributed by atoms with E-state index in [1.54, 1.807) is 24.3 Å². The fraction of sp³-hybridized carbons (Fsp3) is 0.125. The highest BCUT2D eigenvalue weighted by Crippen LogP contribution is 2.15. The summed E-state index contributed by atoms with van der Waals surface area (Å²) >= 11 is 0. The van der Waals surface area contributed by atoms with E-state index in [0.29, 0.717) is 16.0 Å². The zero-order valence-corrected chi connectivity index (χ0v) is 12.7. The highest BCUT2D eigenvalue weighted by atomic mass is 16.7. The Balaban J connectivity index is 2.07. The number of carboxylic acids is 1. The number of aromatic nitrogens is 1. The molecule has 2 rings (SSSR count). The molecule has 1 aromatic heterocycles. The molecule has 0 aliphatic carbocycles. The van der Waals surface area contributed by atoms with Crippen molar-refractivity contribution in [3.05, 3.63) is 64.1 Å². The van der Waals surface area contributed by atoms with E-state index in [-0.39, 0.29) is 11.3 Å². The Labute approximate surface area is 136 Å². The average Bonchev–Trinajstić information content (AvgIpc) is 2.54. The summed E-state index contributed by atoms with van der Waals surface area (Å²) in [6.07, 6.45) is 0.974. The Kier molecular flexibility index (Phi) is 5.10. The normalized spacial score (nSPS) is 10.0. The van der Waals surface area contributed by atoms with Gasteiger partial charge >= 0.3 is 5.97 Å². The molecule has 0 saturated carbocycles. The summed E-state index contributed by atoms with van der Waals surface area (Å²) in [5.41, 5.74) is -0.102. The molecule has 8 heteroatoms. The van der Waals surface area contributed by atoms with E-state index in [0.717, 1.165) is 18.3 Å². The molecule has 0 spiro atoms. The molecule has 2 N–H and O–H groups in total. The second-order valence-corrected chi connectivity index (χ2v) is 4.81. The van der Waals surface area contributed by atoms with Crippen LogP contribution in [0.1, 0.15) is 27.6 Å². The van der Waals surface area contributed by atoms with Crippen molar-refractivity contribution in [1.82, 2.24) is 4.73 Å². The van der Waals surface area contributed by atoms with Gasteiger partial charge in [0.2, 0.25) is 0 Å². The van der Waals surface area contributed by atoms with Crippen molar-refractivity contribution in [2.45, 2.75) is 6.92 Å². The molecule has 0 aliphatic rings. The number of hydrogen-bond donors (Lipinski definition) is 2. The van der Waals surface area contributed by atoms with Gasteiger partial charge in [-0.1, -0.05) is 12.1 Å². The van der Waals surface area contributed by atoms with Gasteiger partial charge in [-0.05, 0) is 25.1 Å². The molecule has 8 nitrogen and oxygen atoms in total. The van der Waals surface area contributed by atoms with Crippen LogP contribution in [0.5, 0.6) is 0 Å². The molecule has 0 bridgehead atoms. The number of rotatable bonds is 6. The molecule has 0 fully saturated rings. The number of benzene rings is 1. The number of pyridine rings is 1. The number of hydrogen-bond acceptors (Lipinski definition) is 5. The van der Waals surface area contributed by atoms with Crippen LogP contribution in [-0.4, -0.2) is 34.1 Å². The first-order chi connectivity index (χ1) is 11.4. The number of carbonyl (C=O) groups excluding carboxylic acids is 2. The van der Waals surface area contributed by atoms with Crippen LogP contribution in [0.25, 0.3) is 0 Å². The molecule has 0 aliphatic heterocycles. The highest BCUT2D eigenvalue weighted by Gasteiger charge is 2.11. The number of anilines is 1. The van der Waals surface area contributed by atoms with Crippen molar-refractivity contribution in [2.24, 2.45) is 0 Å². The minimum Gasteiger partial charge on any atom is -0.478 e. The van der Waals surface area contributed by atoms with Crippen LogP contribution in [0, 0.1) is 0 Å². The number of nitrogens with one attached hydrogen (secondary N) is 1. The largest absolute Gasteiger partial charge is 0.478 e. The number of carboxylic acid groups (broad SMARTS) is 1. The Hall–Kier alpha value is -3.42. The number of Topliss-reactive ketones (excluding diaryl/α,β-unsaturated/α-hetero) is 1. The highest BCUT2D eigenvalue weighted by molar-refractivity contribution is 6.03. The predicted molar refractivity (Wildman–Crippen MR) is 84.2 cm³/mol. The number of carbonyl (C=O) groups is 3. The maximum Gasteiger partial charge on any atom is 0.337 e. The van der Waals surface area contributed by atoms with Crippen molar-refractivity contribution in [1.29, 1.82) is 0 Å². The predicted octanol–water partition coefficient (Wildman–Crippen LogP) is 0.816. The van der Waals surface area contributed by atoms with Crippen LogP contribution >= 0.6 is 0 Å². The first kappa shape index (κ1) is 16.9. The van der Waals surface area contributed by atoms with Crippen LogP contribution < -0.4 is 15.7 Å². The molecular weight excluding hydrogens is 316 g/mol. The van der Waals surface area contributed by atoms with Crippen LogP contribution in [0.3, 0.4) is 0 Å². The van der Waals surface area contributed by atoms with Crippen molar-refractivity contribution >= 4 is 23.3 Å². The molecule has 1 heterocycles. The molecule has 1 amide bonds. The minimum absolute atomic E-state index is 0.156. The summed E-state index contributed by atoms with van der Waals surface area (Å²) in [6, 6.07) is 8.61. The first-order valence-electron chi connectivity index (χ1n) is 6.87. The van der Waals surface area contributed by atoms with E-state index in [9.17, 15) is 19.2 Å². The van der Waals surface area contributed by atoms with Gasteiger partial charge < -0.3 is 15.3 Å². The molecule has 1 aromatic carbocycles. The topological polar surface area (TPSA) is 115 Å². The number of ketones is 1. The van der Waals surface area contributed by atoms with Crippen molar-refractivity contribution in [3.8, 4) is 0 Å². The second-order valence-electron chi connectivity index (χ2n) is 4.81. The third-order valence-corrected chi connectivity index (χ3v) is 3.04. The maximum absolute atomic E-state index is 11.9. The number of aromatic carboxylic acids is 1. The molecule has 24 heavy (non-hydrogen) atoms. The van der Waals surface area contributed by atoms with Crippen LogP contribution in [-0.2, 0) is 4.79 Å². The van der Waals surface area contributed by atoms with Gasteiger partial charge in [-0.3, -0.25) is 14.4 Å². The summed E-state index contributed by atoms with van der Waals surface area (Å²) in [5.74, 6) is -2.04. The molecule has 2 aromatic rings. The number of para-hydroxylation sites is 1. The van der Waals surface area contributed by atoms with Gasteiger partial charge in [0.1, 0.15) is 0 Å². The van der Waals surface area contributed by atoms with Crippen molar-refractivity contribution in [3.63, 3.8) is 0 Å². The zero-order valence-electron chi connectivity index (χ0n) is 12.7. The van der Waals surface area contributed by atoms with Crippen LogP contribution in [0.4, 0.5) is 5.69 Å². The molecule has 0 atom stereocenters. The first-order valence-corrected chi connectivity index (χ1v) is 6.87. The molecule has 0 saturated heterocycles. The van der Waals surface area contributed by atoms with Crippen LogP contribution in [0.15, 0.2) is 47.4 Å². The minimum atomic E-state index is -1.23. The quantitative estimate of drug-likeness (QED) is 0.758. The SMILES string of the molecule is CC(=O)c1ccccc1NC(=O)COn1cc(C(=O)O)ccc1=O. The van der Waals surface area contributed by atoms with E-state index >= 15 is 0 Å². The molecule has 0 unspecified atom stereocenters. The van der Waals surface area contributed by atoms with Gasteiger partial charge in [0.25, 0.3) is 11.5 Å². The maximum atomic E-state index is 11.9. The van der Waals surface area contributed by atoms with Gasteiger partial charge in [-0.2, -0.15) is 4.73 Å². The smallest absolute Gasteiger partial charge is 0.337 e.